The average Bonchev–Trinajstić information content (AvgIpc) is 3.21. The first-order chi connectivity index (χ1) is 14.0. The molecule has 1 fully saturated rings. The molecule has 3 rings (SSSR count). The molecule has 0 bridgehead atoms. The number of nitrogens with zero attached hydrogens (tertiary/aromatic N) is 1. The van der Waals surface area contributed by atoms with Crippen molar-refractivity contribution in [2.24, 2.45) is 0 Å². The monoisotopic (exact) mass is 417 g/mol. The number of rotatable bonds is 8. The largest absolute Gasteiger partial charge is 0.493 e. The maximum absolute atomic E-state index is 12.8. The van der Waals surface area contributed by atoms with Crippen LogP contribution in [0.15, 0.2) is 36.4 Å². The van der Waals surface area contributed by atoms with Crippen LogP contribution in [0.4, 0.5) is 0 Å². The molecule has 2 aromatic carbocycles. The van der Waals surface area contributed by atoms with Crippen molar-refractivity contribution in [2.75, 3.05) is 27.4 Å². The second kappa shape index (κ2) is 9.88. The zero-order valence-corrected chi connectivity index (χ0v) is 18.0. The van der Waals surface area contributed by atoms with E-state index in [1.54, 1.807) is 14.2 Å². The van der Waals surface area contributed by atoms with Crippen LogP contribution in [0, 0.1) is 6.92 Å². The highest BCUT2D eigenvalue weighted by atomic mass is 35.5. The van der Waals surface area contributed by atoms with Gasteiger partial charge in [-0.1, -0.05) is 17.7 Å². The van der Waals surface area contributed by atoms with Crippen molar-refractivity contribution in [2.45, 2.75) is 38.6 Å². The van der Waals surface area contributed by atoms with Gasteiger partial charge in [-0.2, -0.15) is 0 Å². The normalized spacial score (nSPS) is 16.0. The standard InChI is InChI=1S/C23H28ClNO4/c1-16-14-18(24)9-11-20(16)29-13-5-7-23(26)25-12-4-6-19(25)17-8-10-21(27-2)22(15-17)28-3/h8-11,14-15,19H,4-7,12-13H2,1-3H3/t19-/m1/s1. The number of amides is 1. The molecule has 0 radical (unpaired) electrons. The minimum absolute atomic E-state index is 0.0849. The summed E-state index contributed by atoms with van der Waals surface area (Å²) in [7, 11) is 3.25. The third kappa shape index (κ3) is 5.15. The van der Waals surface area contributed by atoms with Gasteiger partial charge in [0.05, 0.1) is 26.9 Å². The predicted molar refractivity (Wildman–Crippen MR) is 114 cm³/mol. The van der Waals surface area contributed by atoms with E-state index >= 15 is 0 Å². The second-order valence-corrected chi connectivity index (χ2v) is 7.66. The van der Waals surface area contributed by atoms with E-state index in [1.165, 1.54) is 0 Å². The summed E-state index contributed by atoms with van der Waals surface area (Å²) in [5, 5.41) is 0.695. The summed E-state index contributed by atoms with van der Waals surface area (Å²) < 4.78 is 16.5. The molecule has 1 amide bonds. The molecule has 0 aliphatic carbocycles. The summed E-state index contributed by atoms with van der Waals surface area (Å²) in [5.74, 6) is 2.36. The summed E-state index contributed by atoms with van der Waals surface area (Å²) in [4.78, 5) is 14.8. The van der Waals surface area contributed by atoms with Crippen LogP contribution in [0.3, 0.4) is 0 Å². The Kier molecular flexibility index (Phi) is 7.26. The van der Waals surface area contributed by atoms with E-state index in [2.05, 4.69) is 0 Å². The van der Waals surface area contributed by atoms with Crippen molar-refractivity contribution in [3.05, 3.63) is 52.5 Å². The highest BCUT2D eigenvalue weighted by molar-refractivity contribution is 6.30. The molecule has 29 heavy (non-hydrogen) atoms. The number of benzene rings is 2. The van der Waals surface area contributed by atoms with Crippen LogP contribution in [0.2, 0.25) is 5.02 Å². The molecule has 6 heteroatoms. The van der Waals surface area contributed by atoms with Crippen molar-refractivity contribution < 1.29 is 19.0 Å². The van der Waals surface area contributed by atoms with Crippen LogP contribution in [-0.4, -0.2) is 38.2 Å². The average molecular weight is 418 g/mol. The molecule has 1 heterocycles. The molecule has 1 atom stereocenters. The van der Waals surface area contributed by atoms with Gasteiger partial charge in [0, 0.05) is 18.0 Å². The van der Waals surface area contributed by atoms with Gasteiger partial charge in [-0.15, -0.1) is 0 Å². The van der Waals surface area contributed by atoms with Gasteiger partial charge in [0.25, 0.3) is 0 Å². The highest BCUT2D eigenvalue weighted by Crippen LogP contribution is 2.37. The molecule has 0 spiro atoms. The number of ether oxygens (including phenoxy) is 3. The number of carbonyl (C=O) groups is 1. The summed E-state index contributed by atoms with van der Waals surface area (Å²) in [6, 6.07) is 11.5. The highest BCUT2D eigenvalue weighted by Gasteiger charge is 2.30. The lowest BCUT2D eigenvalue weighted by atomic mass is 10.0. The molecule has 1 aliphatic rings. The topological polar surface area (TPSA) is 48.0 Å². The van der Waals surface area contributed by atoms with Crippen LogP contribution in [-0.2, 0) is 4.79 Å². The molecular formula is C23H28ClNO4. The van der Waals surface area contributed by atoms with Gasteiger partial charge >= 0.3 is 0 Å². The smallest absolute Gasteiger partial charge is 0.223 e. The summed E-state index contributed by atoms with van der Waals surface area (Å²) in [6.45, 7) is 3.25. The van der Waals surface area contributed by atoms with E-state index < -0.39 is 0 Å². The lowest BCUT2D eigenvalue weighted by molar-refractivity contribution is -0.132. The Bertz CT molecular complexity index is 855. The third-order valence-electron chi connectivity index (χ3n) is 5.30. The van der Waals surface area contributed by atoms with E-state index in [1.807, 2.05) is 48.2 Å². The fourth-order valence-corrected chi connectivity index (χ4v) is 4.02. The number of methoxy groups -OCH3 is 2. The number of halogens is 1. The number of aryl methyl sites for hydroxylation is 1. The first kappa shape index (κ1) is 21.3. The lowest BCUT2D eigenvalue weighted by Crippen LogP contribution is -2.30. The van der Waals surface area contributed by atoms with E-state index in [4.69, 9.17) is 25.8 Å². The van der Waals surface area contributed by atoms with Gasteiger partial charge in [0.15, 0.2) is 11.5 Å². The van der Waals surface area contributed by atoms with Gasteiger partial charge in [-0.05, 0) is 67.6 Å². The van der Waals surface area contributed by atoms with Crippen LogP contribution < -0.4 is 14.2 Å². The van der Waals surface area contributed by atoms with Crippen molar-refractivity contribution in [1.82, 2.24) is 4.90 Å². The van der Waals surface area contributed by atoms with Crippen molar-refractivity contribution in [1.29, 1.82) is 0 Å². The first-order valence-corrected chi connectivity index (χ1v) is 10.3. The Morgan fingerprint density at radius 2 is 1.86 bits per heavy atom. The quantitative estimate of drug-likeness (QED) is 0.554. The Labute approximate surface area is 177 Å². The molecule has 5 nitrogen and oxygen atoms in total. The number of hydrogen-bond acceptors (Lipinski definition) is 4. The van der Waals surface area contributed by atoms with Gasteiger partial charge in [0.2, 0.25) is 5.91 Å². The molecule has 0 aromatic heterocycles. The maximum Gasteiger partial charge on any atom is 0.223 e. The third-order valence-corrected chi connectivity index (χ3v) is 5.53. The molecule has 156 valence electrons. The van der Waals surface area contributed by atoms with Crippen LogP contribution in [0.25, 0.3) is 0 Å². The minimum atomic E-state index is 0.0849. The number of hydrogen-bond donors (Lipinski definition) is 0. The zero-order chi connectivity index (χ0) is 20.8. The van der Waals surface area contributed by atoms with Gasteiger partial charge in [0.1, 0.15) is 5.75 Å². The van der Waals surface area contributed by atoms with E-state index in [0.29, 0.717) is 36.0 Å². The fourth-order valence-electron chi connectivity index (χ4n) is 3.80. The fraction of sp³-hybridized carbons (Fsp3) is 0.435. The summed E-state index contributed by atoms with van der Waals surface area (Å²) in [6.07, 6.45) is 3.11. The molecule has 1 aliphatic heterocycles. The van der Waals surface area contributed by atoms with E-state index in [0.717, 1.165) is 36.3 Å². The zero-order valence-electron chi connectivity index (χ0n) is 17.2. The Balaban J connectivity index is 1.56. The Hall–Kier alpha value is -2.40. The Morgan fingerprint density at radius 3 is 2.59 bits per heavy atom. The molecule has 1 saturated heterocycles. The van der Waals surface area contributed by atoms with Gasteiger partial charge < -0.3 is 19.1 Å². The first-order valence-electron chi connectivity index (χ1n) is 9.94. The van der Waals surface area contributed by atoms with Crippen molar-refractivity contribution in [3.8, 4) is 17.2 Å². The van der Waals surface area contributed by atoms with Crippen molar-refractivity contribution in [3.63, 3.8) is 0 Å². The molecule has 0 N–H and O–H groups in total. The second-order valence-electron chi connectivity index (χ2n) is 7.22. The lowest BCUT2D eigenvalue weighted by Gasteiger charge is -2.26. The van der Waals surface area contributed by atoms with Gasteiger partial charge in [-0.25, -0.2) is 0 Å². The minimum Gasteiger partial charge on any atom is -0.493 e. The maximum atomic E-state index is 12.8. The predicted octanol–water partition coefficient (Wildman–Crippen LogP) is 5.19. The molecule has 0 unspecified atom stereocenters. The molecule has 2 aromatic rings. The van der Waals surface area contributed by atoms with E-state index in [-0.39, 0.29) is 11.9 Å². The Morgan fingerprint density at radius 1 is 1.10 bits per heavy atom. The molecular weight excluding hydrogens is 390 g/mol. The summed E-state index contributed by atoms with van der Waals surface area (Å²) >= 11 is 5.97. The van der Waals surface area contributed by atoms with Crippen LogP contribution in [0.5, 0.6) is 17.2 Å². The molecule has 0 saturated carbocycles. The van der Waals surface area contributed by atoms with Gasteiger partial charge in [-0.3, -0.25) is 4.79 Å². The van der Waals surface area contributed by atoms with E-state index in [9.17, 15) is 4.79 Å². The SMILES string of the molecule is COc1ccc([C@H]2CCCN2C(=O)CCCOc2ccc(Cl)cc2C)cc1OC. The van der Waals surface area contributed by atoms with Crippen molar-refractivity contribution >= 4 is 17.5 Å². The number of carbonyl (C=O) groups excluding carboxylic acids is 1. The number of likely N-dealkylation sites (tertiary alicyclic amines) is 1. The van der Waals surface area contributed by atoms with Crippen LogP contribution >= 0.6 is 11.6 Å². The summed E-state index contributed by atoms with van der Waals surface area (Å²) in [5.41, 5.74) is 2.08. The van der Waals surface area contributed by atoms with Crippen LogP contribution in [0.1, 0.15) is 42.9 Å².